The monoisotopic (exact) mass is 294 g/mol. The average Bonchev–Trinajstić information content (AvgIpc) is 2.41. The molecule has 0 unspecified atom stereocenters. The Labute approximate surface area is 121 Å². The zero-order chi connectivity index (χ0) is 13.7. The van der Waals surface area contributed by atoms with Crippen LogP contribution in [0.25, 0.3) is 0 Å². The molecule has 0 heterocycles. The van der Waals surface area contributed by atoms with Gasteiger partial charge in [0.05, 0.1) is 0 Å². The van der Waals surface area contributed by atoms with Crippen LogP contribution in [0.15, 0.2) is 53.7 Å². The normalized spacial score (nSPS) is 11.4. The van der Waals surface area contributed by atoms with Crippen molar-refractivity contribution in [2.24, 2.45) is 10.9 Å². The maximum Gasteiger partial charge on any atom is 0.170 e. The van der Waals surface area contributed by atoms with Gasteiger partial charge in [0, 0.05) is 15.6 Å². The highest BCUT2D eigenvalue weighted by molar-refractivity contribution is 6.30. The lowest BCUT2D eigenvalue weighted by atomic mass is 10.2. The molecule has 0 radical (unpaired) electrons. The first-order chi connectivity index (χ1) is 9.15. The number of hydrogen-bond donors (Lipinski definition) is 1. The summed E-state index contributed by atoms with van der Waals surface area (Å²) in [7, 11) is 0. The first kappa shape index (κ1) is 13.7. The first-order valence-electron chi connectivity index (χ1n) is 5.61. The summed E-state index contributed by atoms with van der Waals surface area (Å²) in [6, 6.07) is 14.4. The van der Waals surface area contributed by atoms with Gasteiger partial charge in [-0.1, -0.05) is 40.5 Å². The predicted octanol–water partition coefficient (Wildman–Crippen LogP) is 3.83. The molecule has 19 heavy (non-hydrogen) atoms. The molecule has 3 nitrogen and oxygen atoms in total. The maximum absolute atomic E-state index is 5.79. The highest BCUT2D eigenvalue weighted by Crippen LogP contribution is 2.11. The third kappa shape index (κ3) is 4.16. The fraction of sp³-hybridized carbons (Fsp3) is 0.0714. The van der Waals surface area contributed by atoms with Gasteiger partial charge in [0.15, 0.2) is 5.84 Å². The van der Waals surface area contributed by atoms with E-state index in [1.54, 1.807) is 36.4 Å². The van der Waals surface area contributed by atoms with Gasteiger partial charge in [-0.25, -0.2) is 0 Å². The number of rotatable bonds is 4. The van der Waals surface area contributed by atoms with Gasteiger partial charge in [0.1, 0.15) is 6.61 Å². The zero-order valence-corrected chi connectivity index (χ0v) is 11.5. The van der Waals surface area contributed by atoms with Crippen LogP contribution in [0.3, 0.4) is 0 Å². The lowest BCUT2D eigenvalue weighted by Gasteiger charge is -2.03. The highest BCUT2D eigenvalue weighted by Gasteiger charge is 1.99. The van der Waals surface area contributed by atoms with Crippen molar-refractivity contribution < 1.29 is 4.84 Å². The molecule has 2 rings (SSSR count). The number of hydrogen-bond acceptors (Lipinski definition) is 2. The molecule has 0 aliphatic carbocycles. The number of halogens is 2. The lowest BCUT2D eigenvalue weighted by molar-refractivity contribution is 0.130. The summed E-state index contributed by atoms with van der Waals surface area (Å²) in [5.74, 6) is 0.311. The van der Waals surface area contributed by atoms with Crippen LogP contribution in [0.4, 0.5) is 0 Å². The van der Waals surface area contributed by atoms with E-state index in [1.165, 1.54) is 0 Å². The molecule has 0 saturated heterocycles. The molecule has 2 N–H and O–H groups in total. The van der Waals surface area contributed by atoms with E-state index in [0.29, 0.717) is 22.5 Å². The SMILES string of the molecule is N/C(=N\OCc1ccc(Cl)cc1)c1ccc(Cl)cc1. The van der Waals surface area contributed by atoms with E-state index >= 15 is 0 Å². The van der Waals surface area contributed by atoms with Crippen molar-refractivity contribution in [3.05, 3.63) is 69.7 Å². The minimum absolute atomic E-state index is 0.311. The molecule has 5 heteroatoms. The van der Waals surface area contributed by atoms with Gasteiger partial charge in [-0.2, -0.15) is 0 Å². The van der Waals surface area contributed by atoms with E-state index in [0.717, 1.165) is 11.1 Å². The smallest absolute Gasteiger partial charge is 0.170 e. The van der Waals surface area contributed by atoms with Crippen molar-refractivity contribution in [1.82, 2.24) is 0 Å². The van der Waals surface area contributed by atoms with Crippen molar-refractivity contribution in [3.63, 3.8) is 0 Å². The Hall–Kier alpha value is -1.71. The van der Waals surface area contributed by atoms with E-state index in [9.17, 15) is 0 Å². The average molecular weight is 295 g/mol. The summed E-state index contributed by atoms with van der Waals surface area (Å²) in [5.41, 5.74) is 7.53. The number of nitrogens with two attached hydrogens (primary N) is 1. The summed E-state index contributed by atoms with van der Waals surface area (Å²) in [6.07, 6.45) is 0. The Morgan fingerprint density at radius 2 is 1.47 bits per heavy atom. The highest BCUT2D eigenvalue weighted by atomic mass is 35.5. The van der Waals surface area contributed by atoms with Crippen LogP contribution in [0.2, 0.25) is 10.0 Å². The molecule has 0 amide bonds. The molecular weight excluding hydrogens is 283 g/mol. The van der Waals surface area contributed by atoms with Crippen LogP contribution < -0.4 is 5.73 Å². The van der Waals surface area contributed by atoms with Gasteiger partial charge in [-0.15, -0.1) is 0 Å². The molecule has 2 aromatic rings. The molecule has 98 valence electrons. The van der Waals surface area contributed by atoms with Crippen LogP contribution in [0.1, 0.15) is 11.1 Å². The predicted molar refractivity (Wildman–Crippen MR) is 78.4 cm³/mol. The van der Waals surface area contributed by atoms with E-state index in [4.69, 9.17) is 33.8 Å². The van der Waals surface area contributed by atoms with Crippen molar-refractivity contribution in [3.8, 4) is 0 Å². The fourth-order valence-electron chi connectivity index (χ4n) is 1.43. The molecule has 0 aliphatic rings. The van der Waals surface area contributed by atoms with Gasteiger partial charge in [0.25, 0.3) is 0 Å². The van der Waals surface area contributed by atoms with Crippen molar-refractivity contribution in [2.45, 2.75) is 6.61 Å². The topological polar surface area (TPSA) is 47.6 Å². The van der Waals surface area contributed by atoms with Crippen molar-refractivity contribution >= 4 is 29.0 Å². The molecule has 0 saturated carbocycles. The van der Waals surface area contributed by atoms with E-state index in [-0.39, 0.29) is 0 Å². The maximum atomic E-state index is 5.79. The minimum Gasteiger partial charge on any atom is -0.389 e. The van der Waals surface area contributed by atoms with Crippen LogP contribution in [-0.4, -0.2) is 5.84 Å². The molecule has 0 atom stereocenters. The second-order valence-electron chi connectivity index (χ2n) is 3.88. The zero-order valence-electron chi connectivity index (χ0n) is 10.0. The van der Waals surface area contributed by atoms with E-state index in [2.05, 4.69) is 5.16 Å². The third-order valence-electron chi connectivity index (χ3n) is 2.45. The largest absolute Gasteiger partial charge is 0.389 e. The van der Waals surface area contributed by atoms with E-state index < -0.39 is 0 Å². The second-order valence-corrected chi connectivity index (χ2v) is 4.76. The quantitative estimate of drug-likeness (QED) is 0.529. The Kier molecular flexibility index (Phi) is 4.66. The third-order valence-corrected chi connectivity index (χ3v) is 2.95. The Morgan fingerprint density at radius 1 is 0.947 bits per heavy atom. The number of oxime groups is 1. The molecule has 0 spiro atoms. The van der Waals surface area contributed by atoms with Crippen LogP contribution >= 0.6 is 23.2 Å². The summed E-state index contributed by atoms with van der Waals surface area (Å²) in [6.45, 7) is 0.339. The van der Waals surface area contributed by atoms with Gasteiger partial charge < -0.3 is 10.6 Å². The Balaban J connectivity index is 1.95. The van der Waals surface area contributed by atoms with Gasteiger partial charge >= 0.3 is 0 Å². The van der Waals surface area contributed by atoms with Crippen LogP contribution in [-0.2, 0) is 11.4 Å². The fourth-order valence-corrected chi connectivity index (χ4v) is 1.68. The summed E-state index contributed by atoms with van der Waals surface area (Å²) in [4.78, 5) is 5.19. The lowest BCUT2D eigenvalue weighted by Crippen LogP contribution is -2.13. The van der Waals surface area contributed by atoms with Crippen LogP contribution in [0.5, 0.6) is 0 Å². The van der Waals surface area contributed by atoms with E-state index in [1.807, 2.05) is 12.1 Å². The second kappa shape index (κ2) is 6.45. The Morgan fingerprint density at radius 3 is 2.05 bits per heavy atom. The number of amidine groups is 1. The Bertz CT molecular complexity index is 565. The molecule has 0 fully saturated rings. The van der Waals surface area contributed by atoms with Crippen LogP contribution in [0, 0.1) is 0 Å². The first-order valence-corrected chi connectivity index (χ1v) is 6.36. The summed E-state index contributed by atoms with van der Waals surface area (Å²) < 4.78 is 0. The minimum atomic E-state index is 0.311. The summed E-state index contributed by atoms with van der Waals surface area (Å²) >= 11 is 11.6. The molecule has 0 bridgehead atoms. The van der Waals surface area contributed by atoms with Gasteiger partial charge in [-0.05, 0) is 42.0 Å². The number of nitrogens with zero attached hydrogens (tertiary/aromatic N) is 1. The molecule has 0 aromatic heterocycles. The molecule has 0 aliphatic heterocycles. The summed E-state index contributed by atoms with van der Waals surface area (Å²) in [5, 5.41) is 5.20. The van der Waals surface area contributed by atoms with Gasteiger partial charge in [-0.3, -0.25) is 0 Å². The van der Waals surface area contributed by atoms with Gasteiger partial charge in [0.2, 0.25) is 0 Å². The number of benzene rings is 2. The van der Waals surface area contributed by atoms with Crippen molar-refractivity contribution in [1.29, 1.82) is 0 Å². The van der Waals surface area contributed by atoms with Crippen molar-refractivity contribution in [2.75, 3.05) is 0 Å². The molecular formula is C14H12Cl2N2O. The molecule has 2 aromatic carbocycles. The standard InChI is InChI=1S/C14H12Cl2N2O/c15-12-5-1-10(2-6-12)9-19-18-14(17)11-3-7-13(16)8-4-11/h1-8H,9H2,(H2,17,18).